The number of thiazole rings is 1. The molecule has 2 N–H and O–H groups in total. The van der Waals surface area contributed by atoms with Crippen molar-refractivity contribution in [1.82, 2.24) is 9.71 Å². The van der Waals surface area contributed by atoms with Gasteiger partial charge in [0, 0.05) is 4.47 Å². The van der Waals surface area contributed by atoms with Crippen molar-refractivity contribution in [2.24, 2.45) is 0 Å². The maximum atomic E-state index is 12.4. The van der Waals surface area contributed by atoms with E-state index < -0.39 is 28.6 Å². The molecule has 3 aromatic rings. The number of sulfonamides is 1. The van der Waals surface area contributed by atoms with Gasteiger partial charge in [-0.2, -0.15) is 4.72 Å². The van der Waals surface area contributed by atoms with Crippen LogP contribution in [-0.4, -0.2) is 37.1 Å². The number of fused-ring (bicyclic) bond motifs is 1. The van der Waals surface area contributed by atoms with E-state index >= 15 is 0 Å². The normalized spacial score (nSPS) is 12.8. The first-order valence-electron chi connectivity index (χ1n) is 7.79. The Labute approximate surface area is 168 Å². The van der Waals surface area contributed by atoms with Gasteiger partial charge in [-0.25, -0.2) is 13.4 Å². The highest BCUT2D eigenvalue weighted by molar-refractivity contribution is 9.10. The first-order chi connectivity index (χ1) is 12.9. The van der Waals surface area contributed by atoms with Gasteiger partial charge in [-0.15, -0.1) is 11.3 Å². The Kier molecular flexibility index (Phi) is 6.22. The van der Waals surface area contributed by atoms with Crippen molar-refractivity contribution >= 4 is 53.5 Å². The van der Waals surface area contributed by atoms with Gasteiger partial charge in [0.2, 0.25) is 10.0 Å². The van der Waals surface area contributed by atoms with Gasteiger partial charge in [-0.3, -0.25) is 4.79 Å². The lowest BCUT2D eigenvalue weighted by Crippen LogP contribution is -2.44. The minimum absolute atomic E-state index is 0.0249. The zero-order valence-electron chi connectivity index (χ0n) is 13.8. The van der Waals surface area contributed by atoms with E-state index in [0.29, 0.717) is 5.01 Å². The van der Waals surface area contributed by atoms with E-state index in [0.717, 1.165) is 14.7 Å². The van der Waals surface area contributed by atoms with E-state index in [1.54, 1.807) is 12.1 Å². The molecule has 7 nitrogen and oxygen atoms in total. The van der Waals surface area contributed by atoms with Crippen LogP contribution in [-0.2, 0) is 26.2 Å². The first kappa shape index (κ1) is 19.9. The van der Waals surface area contributed by atoms with Crippen LogP contribution in [0.2, 0.25) is 0 Å². The minimum atomic E-state index is -3.98. The Morgan fingerprint density at radius 3 is 2.59 bits per heavy atom. The molecule has 3 rings (SSSR count). The van der Waals surface area contributed by atoms with E-state index in [2.05, 4.69) is 25.6 Å². The Morgan fingerprint density at radius 2 is 1.93 bits per heavy atom. The van der Waals surface area contributed by atoms with Crippen LogP contribution >= 0.6 is 27.3 Å². The fraction of sp³-hybridized carbons (Fsp3) is 0.176. The van der Waals surface area contributed by atoms with Crippen LogP contribution in [0.25, 0.3) is 10.2 Å². The summed E-state index contributed by atoms with van der Waals surface area (Å²) in [6, 6.07) is 12.0. The number of halogens is 1. The number of ether oxygens (including phenoxy) is 1. The van der Waals surface area contributed by atoms with Crippen molar-refractivity contribution in [2.75, 3.05) is 6.61 Å². The Balaban J connectivity index is 1.65. The summed E-state index contributed by atoms with van der Waals surface area (Å²) in [5.74, 6) is -0.877. The Morgan fingerprint density at radius 1 is 1.22 bits per heavy atom. The minimum Gasteiger partial charge on any atom is -0.457 e. The van der Waals surface area contributed by atoms with E-state index in [9.17, 15) is 18.3 Å². The molecule has 0 fully saturated rings. The maximum absolute atomic E-state index is 12.4. The molecule has 0 aliphatic rings. The van der Waals surface area contributed by atoms with Crippen LogP contribution < -0.4 is 4.72 Å². The van der Waals surface area contributed by atoms with Gasteiger partial charge >= 0.3 is 5.97 Å². The molecule has 1 unspecified atom stereocenters. The van der Waals surface area contributed by atoms with Gasteiger partial charge in [0.05, 0.1) is 21.7 Å². The molecule has 0 saturated heterocycles. The van der Waals surface area contributed by atoms with Crippen LogP contribution in [0.15, 0.2) is 57.9 Å². The van der Waals surface area contributed by atoms with Crippen molar-refractivity contribution in [3.8, 4) is 0 Å². The second-order valence-electron chi connectivity index (χ2n) is 5.49. The molecule has 0 radical (unpaired) electrons. The van der Waals surface area contributed by atoms with Crippen molar-refractivity contribution in [3.63, 3.8) is 0 Å². The van der Waals surface area contributed by atoms with E-state index in [1.807, 2.05) is 24.3 Å². The first-order valence-corrected chi connectivity index (χ1v) is 10.9. The van der Waals surface area contributed by atoms with Gasteiger partial charge in [-0.05, 0) is 36.4 Å². The van der Waals surface area contributed by atoms with Crippen LogP contribution in [0.3, 0.4) is 0 Å². The number of carbonyl (C=O) groups is 1. The highest BCUT2D eigenvalue weighted by atomic mass is 79.9. The quantitative estimate of drug-likeness (QED) is 0.513. The summed E-state index contributed by atoms with van der Waals surface area (Å²) in [5.41, 5.74) is 0.795. The summed E-state index contributed by atoms with van der Waals surface area (Å²) < 4.78 is 33.7. The molecule has 2 aromatic carbocycles. The number of rotatable bonds is 7. The topological polar surface area (TPSA) is 106 Å². The average molecular weight is 471 g/mol. The summed E-state index contributed by atoms with van der Waals surface area (Å²) in [4.78, 5) is 16.5. The predicted molar refractivity (Wildman–Crippen MR) is 105 cm³/mol. The number of para-hydroxylation sites is 1. The second kappa shape index (κ2) is 8.44. The molecule has 1 atom stereocenters. The lowest BCUT2D eigenvalue weighted by molar-refractivity contribution is -0.148. The molecule has 0 aliphatic heterocycles. The molecule has 10 heteroatoms. The van der Waals surface area contributed by atoms with Gasteiger partial charge in [0.25, 0.3) is 0 Å². The highest BCUT2D eigenvalue weighted by Gasteiger charge is 2.26. The van der Waals surface area contributed by atoms with Crippen molar-refractivity contribution < 1.29 is 23.1 Å². The number of nitrogens with zero attached hydrogens (tertiary/aromatic N) is 1. The van der Waals surface area contributed by atoms with E-state index in [1.165, 1.54) is 23.5 Å². The molecule has 0 amide bonds. The van der Waals surface area contributed by atoms with Gasteiger partial charge < -0.3 is 9.84 Å². The number of aliphatic hydroxyl groups is 1. The number of esters is 1. The largest absolute Gasteiger partial charge is 0.457 e. The smallest absolute Gasteiger partial charge is 0.326 e. The SMILES string of the molecule is O=C(OCc1nc2ccccc2s1)C(CO)NS(=O)(=O)c1ccc(Br)cc1. The van der Waals surface area contributed by atoms with Gasteiger partial charge in [0.1, 0.15) is 17.7 Å². The summed E-state index contributed by atoms with van der Waals surface area (Å²) in [5, 5.41) is 9.99. The fourth-order valence-corrected chi connectivity index (χ4v) is 4.56. The molecular weight excluding hydrogens is 456 g/mol. The highest BCUT2D eigenvalue weighted by Crippen LogP contribution is 2.22. The summed E-state index contributed by atoms with van der Waals surface area (Å²) in [6.45, 7) is -0.830. The maximum Gasteiger partial charge on any atom is 0.326 e. The Hall–Kier alpha value is -1.85. The number of hydrogen-bond donors (Lipinski definition) is 2. The van der Waals surface area contributed by atoms with Crippen molar-refractivity contribution in [2.45, 2.75) is 17.5 Å². The van der Waals surface area contributed by atoms with Crippen LogP contribution in [0.1, 0.15) is 5.01 Å². The average Bonchev–Trinajstić information content (AvgIpc) is 3.07. The third kappa shape index (κ3) is 4.90. The lowest BCUT2D eigenvalue weighted by atomic mass is 10.3. The molecule has 0 saturated carbocycles. The van der Waals surface area contributed by atoms with Crippen LogP contribution in [0.4, 0.5) is 0 Å². The zero-order chi connectivity index (χ0) is 19.4. The number of aliphatic hydroxyl groups excluding tert-OH is 1. The molecule has 1 heterocycles. The van der Waals surface area contributed by atoms with E-state index in [4.69, 9.17) is 4.74 Å². The third-order valence-corrected chi connectivity index (χ3v) is 6.59. The molecule has 0 aliphatic carbocycles. The molecule has 0 spiro atoms. The fourth-order valence-electron chi connectivity index (χ4n) is 2.24. The van der Waals surface area contributed by atoms with E-state index in [-0.39, 0.29) is 11.5 Å². The zero-order valence-corrected chi connectivity index (χ0v) is 17.1. The number of nitrogens with one attached hydrogen (secondary N) is 1. The predicted octanol–water partition coefficient (Wildman–Crippen LogP) is 2.44. The van der Waals surface area contributed by atoms with Gasteiger partial charge in [0.15, 0.2) is 0 Å². The molecule has 142 valence electrons. The van der Waals surface area contributed by atoms with Crippen LogP contribution in [0.5, 0.6) is 0 Å². The molecule has 27 heavy (non-hydrogen) atoms. The standard InChI is InChI=1S/C17H15BrN2O5S2/c18-11-5-7-12(8-6-11)27(23,24)20-14(9-21)17(22)25-10-16-19-13-3-1-2-4-15(13)26-16/h1-8,14,20-21H,9-10H2. The van der Waals surface area contributed by atoms with Crippen molar-refractivity contribution in [1.29, 1.82) is 0 Å². The van der Waals surface area contributed by atoms with Crippen LogP contribution in [0, 0.1) is 0 Å². The molecule has 0 bridgehead atoms. The number of hydrogen-bond acceptors (Lipinski definition) is 7. The summed E-state index contributed by atoms with van der Waals surface area (Å²) in [6.07, 6.45) is 0. The van der Waals surface area contributed by atoms with Gasteiger partial charge in [-0.1, -0.05) is 28.1 Å². The number of aromatic nitrogens is 1. The second-order valence-corrected chi connectivity index (χ2v) is 9.24. The molecule has 1 aromatic heterocycles. The lowest BCUT2D eigenvalue weighted by Gasteiger charge is -2.15. The number of carbonyl (C=O) groups excluding carboxylic acids is 1. The van der Waals surface area contributed by atoms with Crippen molar-refractivity contribution in [3.05, 3.63) is 58.0 Å². The summed E-state index contributed by atoms with van der Waals surface area (Å²) in [7, 11) is -3.98. The monoisotopic (exact) mass is 470 g/mol. The Bertz CT molecular complexity index is 1020. The molecular formula is C17H15BrN2O5S2. The third-order valence-electron chi connectivity index (χ3n) is 3.56. The summed E-state index contributed by atoms with van der Waals surface area (Å²) >= 11 is 4.60. The number of benzene rings is 2.